The minimum Gasteiger partial charge on any atom is -0.382 e. The van der Waals surface area contributed by atoms with Gasteiger partial charge in [-0.2, -0.15) is 5.10 Å². The predicted octanol–water partition coefficient (Wildman–Crippen LogP) is 2.19. The lowest BCUT2D eigenvalue weighted by atomic mass is 9.83. The Morgan fingerprint density at radius 2 is 2.17 bits per heavy atom. The molecule has 136 valence electrons. The van der Waals surface area contributed by atoms with Crippen LogP contribution in [0, 0.1) is 5.41 Å². The fourth-order valence-electron chi connectivity index (χ4n) is 3.84. The van der Waals surface area contributed by atoms with Gasteiger partial charge in [0.15, 0.2) is 5.69 Å². The van der Waals surface area contributed by atoms with Crippen LogP contribution in [0.2, 0.25) is 0 Å². The molecule has 0 aromatic carbocycles. The number of rotatable bonds is 7. The maximum Gasteiger partial charge on any atom is 0.272 e. The summed E-state index contributed by atoms with van der Waals surface area (Å²) in [5.74, 6) is -0.0473. The number of ether oxygens (including phenoxy) is 1. The van der Waals surface area contributed by atoms with Crippen molar-refractivity contribution in [3.8, 4) is 0 Å². The van der Waals surface area contributed by atoms with Crippen LogP contribution < -0.4 is 10.6 Å². The summed E-state index contributed by atoms with van der Waals surface area (Å²) >= 11 is 0. The van der Waals surface area contributed by atoms with Crippen LogP contribution in [0.3, 0.4) is 0 Å². The molecule has 1 amide bonds. The Labute approximate surface area is 149 Å². The third-order valence-corrected chi connectivity index (χ3v) is 5.29. The van der Waals surface area contributed by atoms with E-state index in [1.165, 1.54) is 25.7 Å². The van der Waals surface area contributed by atoms with Gasteiger partial charge in [0.25, 0.3) is 5.91 Å². The molecule has 7 heteroatoms. The molecule has 0 spiro atoms. The number of carbonyl (C=O) groups is 1. The Balaban J connectivity index is 0.00000208. The smallest absolute Gasteiger partial charge is 0.272 e. The Kier molecular flexibility index (Phi) is 7.07. The van der Waals surface area contributed by atoms with Crippen LogP contribution in [0.1, 0.15) is 60.8 Å². The van der Waals surface area contributed by atoms with Crippen molar-refractivity contribution in [1.29, 1.82) is 0 Å². The van der Waals surface area contributed by atoms with Crippen LogP contribution in [0.15, 0.2) is 0 Å². The molecule has 2 aliphatic rings. The molecule has 24 heavy (non-hydrogen) atoms. The Morgan fingerprint density at radius 1 is 1.38 bits per heavy atom. The van der Waals surface area contributed by atoms with E-state index in [1.54, 1.807) is 0 Å². The van der Waals surface area contributed by atoms with E-state index >= 15 is 0 Å². The molecular weight excluding hydrogens is 328 g/mol. The number of aromatic nitrogens is 2. The first-order valence-electron chi connectivity index (χ1n) is 8.87. The molecule has 1 fully saturated rings. The van der Waals surface area contributed by atoms with Gasteiger partial charge in [0.2, 0.25) is 0 Å². The van der Waals surface area contributed by atoms with Crippen LogP contribution in [0.4, 0.5) is 0 Å². The third kappa shape index (κ3) is 4.29. The lowest BCUT2D eigenvalue weighted by molar-refractivity contribution is 0.0858. The van der Waals surface area contributed by atoms with Gasteiger partial charge in [0, 0.05) is 50.5 Å². The van der Waals surface area contributed by atoms with E-state index in [9.17, 15) is 4.79 Å². The topological polar surface area (TPSA) is 79.0 Å². The zero-order valence-electron chi connectivity index (χ0n) is 14.5. The average molecular weight is 357 g/mol. The van der Waals surface area contributed by atoms with Crippen LogP contribution in [0.5, 0.6) is 0 Å². The van der Waals surface area contributed by atoms with Crippen LogP contribution in [0.25, 0.3) is 0 Å². The van der Waals surface area contributed by atoms with Crippen molar-refractivity contribution >= 4 is 18.3 Å². The number of hydrogen-bond donors (Lipinski definition) is 3. The van der Waals surface area contributed by atoms with Gasteiger partial charge in [0.05, 0.1) is 0 Å². The number of hydrogen-bond acceptors (Lipinski definition) is 4. The molecule has 2 heterocycles. The van der Waals surface area contributed by atoms with Crippen LogP contribution in [-0.4, -0.2) is 42.4 Å². The molecule has 1 saturated carbocycles. The summed E-state index contributed by atoms with van der Waals surface area (Å²) in [6.45, 7) is 5.97. The standard InChI is InChI=1S/C17H28N4O2.ClH/c1-2-23-10-8-17(6-3-4-7-17)12-19-16(22)15-13-11-18-9-5-14(13)20-21-15;/h18H,2-12H2,1H3,(H,19,22)(H,20,21);1H. The number of carbonyl (C=O) groups excluding carboxylic acids is 1. The molecule has 0 radical (unpaired) electrons. The molecular formula is C17H29ClN4O2. The van der Waals surface area contributed by atoms with Gasteiger partial charge in [-0.25, -0.2) is 0 Å². The molecule has 1 aromatic heterocycles. The SMILES string of the molecule is CCOCCC1(CNC(=O)c2n[nH]c3c2CNCC3)CCCC1.Cl. The van der Waals surface area contributed by atoms with Crippen LogP contribution in [-0.2, 0) is 17.7 Å². The number of nitrogens with zero attached hydrogens (tertiary/aromatic N) is 1. The minimum atomic E-state index is -0.0473. The normalized spacial score (nSPS) is 18.7. The summed E-state index contributed by atoms with van der Waals surface area (Å²) in [4.78, 5) is 12.6. The van der Waals surface area contributed by atoms with Crippen LogP contribution >= 0.6 is 12.4 Å². The fourth-order valence-corrected chi connectivity index (χ4v) is 3.84. The fraction of sp³-hybridized carbons (Fsp3) is 0.765. The first kappa shape index (κ1) is 19.2. The van der Waals surface area contributed by atoms with E-state index in [2.05, 4.69) is 20.8 Å². The second-order valence-corrected chi connectivity index (χ2v) is 6.79. The number of halogens is 1. The average Bonchev–Trinajstić information content (AvgIpc) is 3.20. The Bertz CT molecular complexity index is 541. The molecule has 0 bridgehead atoms. The van der Waals surface area contributed by atoms with Crippen molar-refractivity contribution < 1.29 is 9.53 Å². The summed E-state index contributed by atoms with van der Waals surface area (Å²) in [6.07, 6.45) is 6.81. The zero-order valence-corrected chi connectivity index (χ0v) is 15.3. The molecule has 0 unspecified atom stereocenters. The maximum atomic E-state index is 12.6. The van der Waals surface area contributed by atoms with Gasteiger partial charge in [-0.15, -0.1) is 12.4 Å². The molecule has 3 N–H and O–H groups in total. The molecule has 6 nitrogen and oxygen atoms in total. The van der Waals surface area contributed by atoms with E-state index < -0.39 is 0 Å². The van der Waals surface area contributed by atoms with Gasteiger partial charge in [0.1, 0.15) is 0 Å². The van der Waals surface area contributed by atoms with Crippen molar-refractivity contribution in [2.24, 2.45) is 5.41 Å². The van der Waals surface area contributed by atoms with Gasteiger partial charge >= 0.3 is 0 Å². The number of fused-ring (bicyclic) bond motifs is 1. The van der Waals surface area contributed by atoms with E-state index in [1.807, 2.05) is 6.92 Å². The molecule has 1 aliphatic heterocycles. The molecule has 3 rings (SSSR count). The number of amides is 1. The van der Waals surface area contributed by atoms with Crippen molar-refractivity contribution in [1.82, 2.24) is 20.8 Å². The highest BCUT2D eigenvalue weighted by atomic mass is 35.5. The van der Waals surface area contributed by atoms with Gasteiger partial charge < -0.3 is 15.4 Å². The second-order valence-electron chi connectivity index (χ2n) is 6.79. The van der Waals surface area contributed by atoms with Crippen molar-refractivity contribution in [2.75, 3.05) is 26.3 Å². The number of nitrogens with one attached hydrogen (secondary N) is 3. The first-order chi connectivity index (χ1) is 11.2. The quantitative estimate of drug-likeness (QED) is 0.654. The minimum absolute atomic E-state index is 0. The monoisotopic (exact) mass is 356 g/mol. The molecule has 0 atom stereocenters. The largest absolute Gasteiger partial charge is 0.382 e. The maximum absolute atomic E-state index is 12.6. The van der Waals surface area contributed by atoms with Gasteiger partial charge in [-0.05, 0) is 31.6 Å². The first-order valence-corrected chi connectivity index (χ1v) is 8.87. The third-order valence-electron chi connectivity index (χ3n) is 5.29. The Hall–Kier alpha value is -1.11. The summed E-state index contributed by atoms with van der Waals surface area (Å²) in [7, 11) is 0. The van der Waals surface area contributed by atoms with Crippen molar-refractivity contribution in [2.45, 2.75) is 52.0 Å². The summed E-state index contributed by atoms with van der Waals surface area (Å²) in [5.41, 5.74) is 2.90. The number of H-pyrrole nitrogens is 1. The molecule has 1 aliphatic carbocycles. The van der Waals surface area contributed by atoms with E-state index in [0.717, 1.165) is 56.9 Å². The summed E-state index contributed by atoms with van der Waals surface area (Å²) in [6, 6.07) is 0. The molecule has 0 saturated heterocycles. The Morgan fingerprint density at radius 3 is 2.92 bits per heavy atom. The summed E-state index contributed by atoms with van der Waals surface area (Å²) in [5, 5.41) is 13.7. The van der Waals surface area contributed by atoms with E-state index in [0.29, 0.717) is 5.69 Å². The van der Waals surface area contributed by atoms with Gasteiger partial charge in [-0.1, -0.05) is 12.8 Å². The number of aromatic amines is 1. The van der Waals surface area contributed by atoms with E-state index in [-0.39, 0.29) is 23.7 Å². The van der Waals surface area contributed by atoms with Crippen molar-refractivity contribution in [3.05, 3.63) is 17.0 Å². The predicted molar refractivity (Wildman–Crippen MR) is 95.6 cm³/mol. The molecule has 1 aromatic rings. The highest BCUT2D eigenvalue weighted by molar-refractivity contribution is 5.94. The van der Waals surface area contributed by atoms with Gasteiger partial charge in [-0.3, -0.25) is 9.89 Å². The van der Waals surface area contributed by atoms with E-state index in [4.69, 9.17) is 4.74 Å². The lowest BCUT2D eigenvalue weighted by Crippen LogP contribution is -2.37. The summed E-state index contributed by atoms with van der Waals surface area (Å²) < 4.78 is 5.54. The second kappa shape index (κ2) is 8.83. The lowest BCUT2D eigenvalue weighted by Gasteiger charge is -2.29. The highest BCUT2D eigenvalue weighted by Crippen LogP contribution is 2.40. The highest BCUT2D eigenvalue weighted by Gasteiger charge is 2.34. The zero-order chi connectivity index (χ0) is 16.1. The van der Waals surface area contributed by atoms with Crippen molar-refractivity contribution in [3.63, 3.8) is 0 Å².